The Morgan fingerprint density at radius 1 is 1.00 bits per heavy atom. The van der Waals surface area contributed by atoms with Crippen molar-refractivity contribution in [3.8, 4) is 11.9 Å². The Balaban J connectivity index is 1.92. The highest BCUT2D eigenvalue weighted by Gasteiger charge is 2.22. The van der Waals surface area contributed by atoms with Gasteiger partial charge in [0.25, 0.3) is 0 Å². The van der Waals surface area contributed by atoms with E-state index in [1.807, 2.05) is 52.2 Å². The number of rotatable bonds is 3. The lowest BCUT2D eigenvalue weighted by atomic mass is 10.7. The van der Waals surface area contributed by atoms with E-state index in [4.69, 9.17) is 0 Å². The maximum atomic E-state index is 4.56. The number of nitrogens with zero attached hydrogens (tertiary/aromatic N) is 7. The summed E-state index contributed by atoms with van der Waals surface area (Å²) in [6.07, 6.45) is 12.6. The molecule has 0 spiro atoms. The van der Waals surface area contributed by atoms with E-state index < -0.39 is 0 Å². The van der Waals surface area contributed by atoms with Gasteiger partial charge in [-0.3, -0.25) is 0 Å². The molecule has 4 rings (SSSR count). The molecule has 0 radical (unpaired) electrons. The lowest BCUT2D eigenvalue weighted by molar-refractivity contribution is -0.774. The van der Waals surface area contributed by atoms with Gasteiger partial charge in [0.15, 0.2) is 6.33 Å². The standard InChI is InChI=1S/C12H10N8/c1-2-7-18(6-1)20-12(17-9-5-13-10-17)15-11(16-20)19-8-3-4-14-19/h1-10H/p+1. The van der Waals surface area contributed by atoms with Crippen LogP contribution in [0.5, 0.6) is 0 Å². The molecule has 4 heterocycles. The first-order valence-corrected chi connectivity index (χ1v) is 6.06. The van der Waals surface area contributed by atoms with Crippen LogP contribution in [0.2, 0.25) is 0 Å². The minimum absolute atomic E-state index is 0.618. The van der Waals surface area contributed by atoms with Gasteiger partial charge >= 0.3 is 11.9 Å². The molecule has 0 atom stereocenters. The summed E-state index contributed by atoms with van der Waals surface area (Å²) in [7, 11) is 0. The molecule has 0 saturated heterocycles. The van der Waals surface area contributed by atoms with Crippen LogP contribution in [0.4, 0.5) is 0 Å². The zero-order valence-electron chi connectivity index (χ0n) is 10.4. The highest BCUT2D eigenvalue weighted by atomic mass is 15.7. The predicted octanol–water partition coefficient (Wildman–Crippen LogP) is 0.181. The molecule has 0 unspecified atom stereocenters. The average Bonchev–Trinajstić information content (AvgIpc) is 3.22. The van der Waals surface area contributed by atoms with Gasteiger partial charge in [0.2, 0.25) is 0 Å². The van der Waals surface area contributed by atoms with Crippen LogP contribution in [0.1, 0.15) is 0 Å². The SMILES string of the molecule is c1ccn(-[n+]2[nH]c(-n3cccn3)nc2-n2ccnc2)c1. The zero-order valence-corrected chi connectivity index (χ0v) is 10.4. The monoisotopic (exact) mass is 267 g/mol. The summed E-state index contributed by atoms with van der Waals surface area (Å²) in [6, 6.07) is 5.73. The van der Waals surface area contributed by atoms with Crippen LogP contribution in [0, 0.1) is 0 Å². The lowest BCUT2D eigenvalue weighted by Gasteiger charge is -1.98. The Morgan fingerprint density at radius 2 is 1.90 bits per heavy atom. The van der Waals surface area contributed by atoms with Crippen molar-refractivity contribution in [2.24, 2.45) is 0 Å². The molecule has 0 aliphatic carbocycles. The molecule has 0 aromatic carbocycles. The molecule has 0 saturated carbocycles. The Morgan fingerprint density at radius 3 is 2.60 bits per heavy atom. The number of hydrogen-bond acceptors (Lipinski definition) is 3. The van der Waals surface area contributed by atoms with E-state index in [-0.39, 0.29) is 0 Å². The minimum Gasteiger partial charge on any atom is -0.228 e. The first kappa shape index (κ1) is 10.7. The third-order valence-corrected chi connectivity index (χ3v) is 2.88. The fourth-order valence-corrected chi connectivity index (χ4v) is 1.97. The van der Waals surface area contributed by atoms with E-state index in [1.165, 1.54) is 0 Å². The van der Waals surface area contributed by atoms with Crippen molar-refractivity contribution in [1.82, 2.24) is 34.1 Å². The van der Waals surface area contributed by atoms with Crippen LogP contribution < -0.4 is 4.79 Å². The van der Waals surface area contributed by atoms with Gasteiger partial charge in [-0.2, -0.15) is 24.1 Å². The predicted molar refractivity (Wildman–Crippen MR) is 68.3 cm³/mol. The van der Waals surface area contributed by atoms with Crippen LogP contribution >= 0.6 is 0 Å². The second kappa shape index (κ2) is 4.19. The molecule has 4 aromatic heterocycles. The van der Waals surface area contributed by atoms with Gasteiger partial charge in [-0.05, 0) is 28.0 Å². The molecule has 4 aromatic rings. The van der Waals surface area contributed by atoms with Gasteiger partial charge in [0, 0.05) is 24.8 Å². The summed E-state index contributed by atoms with van der Waals surface area (Å²) < 4.78 is 5.37. The number of aromatic amines is 1. The van der Waals surface area contributed by atoms with Crippen molar-refractivity contribution in [2.45, 2.75) is 0 Å². The normalized spacial score (nSPS) is 11.0. The van der Waals surface area contributed by atoms with Crippen LogP contribution in [0.3, 0.4) is 0 Å². The molecule has 0 aliphatic rings. The number of imidazole rings is 1. The molecule has 0 aliphatic heterocycles. The maximum Gasteiger partial charge on any atom is 0.449 e. The Labute approximate surface area is 113 Å². The van der Waals surface area contributed by atoms with E-state index in [0.29, 0.717) is 11.9 Å². The van der Waals surface area contributed by atoms with Crippen molar-refractivity contribution >= 4 is 0 Å². The molecule has 1 N–H and O–H groups in total. The summed E-state index contributed by atoms with van der Waals surface area (Å²) in [5.41, 5.74) is 0. The van der Waals surface area contributed by atoms with Crippen LogP contribution in [0.15, 0.2) is 61.7 Å². The van der Waals surface area contributed by atoms with Gasteiger partial charge in [-0.25, -0.2) is 4.98 Å². The van der Waals surface area contributed by atoms with Crippen molar-refractivity contribution in [3.63, 3.8) is 0 Å². The zero-order chi connectivity index (χ0) is 13.4. The van der Waals surface area contributed by atoms with Crippen LogP contribution in [0.25, 0.3) is 11.9 Å². The topological polar surface area (TPSA) is 73.1 Å². The van der Waals surface area contributed by atoms with Crippen molar-refractivity contribution in [2.75, 3.05) is 0 Å². The molecule has 0 amide bonds. The van der Waals surface area contributed by atoms with E-state index in [1.54, 1.807) is 28.2 Å². The molecular weight excluding hydrogens is 256 g/mol. The van der Waals surface area contributed by atoms with Gasteiger partial charge < -0.3 is 0 Å². The van der Waals surface area contributed by atoms with Gasteiger partial charge in [-0.1, -0.05) is 0 Å². The second-order valence-electron chi connectivity index (χ2n) is 4.14. The third kappa shape index (κ3) is 1.62. The fraction of sp³-hybridized carbons (Fsp3) is 0. The van der Waals surface area contributed by atoms with Gasteiger partial charge in [0.1, 0.15) is 0 Å². The lowest BCUT2D eigenvalue weighted by Crippen LogP contribution is -2.46. The number of aromatic nitrogens is 8. The third-order valence-electron chi connectivity index (χ3n) is 2.88. The first-order valence-electron chi connectivity index (χ1n) is 6.06. The number of H-pyrrole nitrogens is 1. The molecule has 0 bridgehead atoms. The van der Waals surface area contributed by atoms with Gasteiger partial charge in [0.05, 0.1) is 12.4 Å². The summed E-state index contributed by atoms with van der Waals surface area (Å²) in [5.74, 6) is 1.30. The number of nitrogens with one attached hydrogen (secondary N) is 1. The quantitative estimate of drug-likeness (QED) is 0.538. The second-order valence-corrected chi connectivity index (χ2v) is 4.14. The summed E-state index contributed by atoms with van der Waals surface area (Å²) in [5, 5.41) is 7.37. The first-order chi connectivity index (χ1) is 9.92. The summed E-state index contributed by atoms with van der Waals surface area (Å²) >= 11 is 0. The average molecular weight is 267 g/mol. The molecule has 8 nitrogen and oxygen atoms in total. The fourth-order valence-electron chi connectivity index (χ4n) is 1.97. The minimum atomic E-state index is 0.618. The summed E-state index contributed by atoms with van der Waals surface area (Å²) in [6.45, 7) is 0. The Kier molecular flexibility index (Phi) is 2.25. The van der Waals surface area contributed by atoms with Crippen molar-refractivity contribution in [3.05, 3.63) is 61.7 Å². The maximum absolute atomic E-state index is 4.56. The number of hydrogen-bond donors (Lipinski definition) is 1. The van der Waals surface area contributed by atoms with E-state index in [0.717, 1.165) is 0 Å². The van der Waals surface area contributed by atoms with E-state index in [2.05, 4.69) is 20.2 Å². The summed E-state index contributed by atoms with van der Waals surface area (Å²) in [4.78, 5) is 10.4. The van der Waals surface area contributed by atoms with Gasteiger partial charge in [-0.15, -0.1) is 0 Å². The molecule has 8 heteroatoms. The highest BCUT2D eigenvalue weighted by molar-refractivity contribution is 5.13. The van der Waals surface area contributed by atoms with Crippen LogP contribution in [-0.4, -0.2) is 34.1 Å². The smallest absolute Gasteiger partial charge is 0.228 e. The Bertz CT molecular complexity index is 740. The van der Waals surface area contributed by atoms with Crippen LogP contribution in [-0.2, 0) is 0 Å². The van der Waals surface area contributed by atoms with E-state index >= 15 is 0 Å². The van der Waals surface area contributed by atoms with E-state index in [9.17, 15) is 0 Å². The molecule has 0 fully saturated rings. The Hall–Kier alpha value is -3.16. The molecule has 98 valence electrons. The highest BCUT2D eigenvalue weighted by Crippen LogP contribution is 2.03. The molecule has 20 heavy (non-hydrogen) atoms. The largest absolute Gasteiger partial charge is 0.449 e. The van der Waals surface area contributed by atoms with Crippen molar-refractivity contribution < 1.29 is 4.79 Å². The molecular formula is C12H11N8+. The van der Waals surface area contributed by atoms with Crippen molar-refractivity contribution in [1.29, 1.82) is 0 Å².